The quantitative estimate of drug-likeness (QED) is 0.168. The number of fused-ring (bicyclic) bond motifs is 6. The molecule has 8 aromatic carbocycles. The molecule has 262 valence electrons. The summed E-state index contributed by atoms with van der Waals surface area (Å²) in [5.74, 6) is 0.894. The molecule has 0 spiro atoms. The zero-order chi connectivity index (χ0) is 37.0. The van der Waals surface area contributed by atoms with Gasteiger partial charge in [0.1, 0.15) is 5.82 Å². The van der Waals surface area contributed by atoms with Gasteiger partial charge in [-0.05, 0) is 88.0 Å². The van der Waals surface area contributed by atoms with E-state index < -0.39 is 0 Å². The average Bonchev–Trinajstić information content (AvgIpc) is 3.79. The van der Waals surface area contributed by atoms with E-state index in [0.717, 1.165) is 50.5 Å². The number of aromatic nitrogens is 3. The second-order valence-corrected chi connectivity index (χ2v) is 14.4. The van der Waals surface area contributed by atoms with Gasteiger partial charge in [0.15, 0.2) is 0 Å². The molecule has 0 aliphatic heterocycles. The monoisotopic (exact) mass is 713 g/mol. The van der Waals surface area contributed by atoms with E-state index in [-0.39, 0.29) is 0 Å². The molecular weight excluding hydrogens is 679 g/mol. The van der Waals surface area contributed by atoms with Crippen molar-refractivity contribution in [1.82, 2.24) is 14.1 Å². The molecule has 0 fully saturated rings. The minimum Gasteiger partial charge on any atom is -0.309 e. The Morgan fingerprint density at radius 3 is 1.45 bits per heavy atom. The lowest BCUT2D eigenvalue weighted by atomic mass is 10.0. The van der Waals surface area contributed by atoms with Crippen molar-refractivity contribution in [3.63, 3.8) is 0 Å². The van der Waals surface area contributed by atoms with E-state index in [9.17, 15) is 0 Å². The minimum atomic E-state index is 0.894. The summed E-state index contributed by atoms with van der Waals surface area (Å²) in [6.45, 7) is 0. The van der Waals surface area contributed by atoms with E-state index in [2.05, 4.69) is 221 Å². The molecule has 3 heterocycles. The van der Waals surface area contributed by atoms with Gasteiger partial charge in [-0.15, -0.1) is 0 Å². The van der Waals surface area contributed by atoms with E-state index in [1.54, 1.807) is 0 Å². The standard InChI is InChI=1S/C53H35N3/c1-4-14-36(15-5-1)38-24-28-43(29-25-38)55-49-22-12-11-21-45(49)47-32-40(27-31-51(47)55)41-26-30-46-44-20-10-13-23-50(44)56(52(46)34-41)53-35-42(37-16-6-2-7-17-37)33-48(54-53)39-18-8-3-9-19-39/h1-35H. The highest BCUT2D eigenvalue weighted by atomic mass is 15.1. The molecule has 3 heteroatoms. The highest BCUT2D eigenvalue weighted by Crippen LogP contribution is 2.39. The Labute approximate surface area is 325 Å². The summed E-state index contributed by atoms with van der Waals surface area (Å²) in [5, 5.41) is 4.88. The summed E-state index contributed by atoms with van der Waals surface area (Å²) in [4.78, 5) is 5.36. The van der Waals surface area contributed by atoms with Gasteiger partial charge in [0.05, 0.1) is 27.8 Å². The van der Waals surface area contributed by atoms with Crippen LogP contribution in [0.1, 0.15) is 0 Å². The molecule has 0 unspecified atom stereocenters. The molecule has 56 heavy (non-hydrogen) atoms. The van der Waals surface area contributed by atoms with Gasteiger partial charge < -0.3 is 4.57 Å². The molecule has 0 radical (unpaired) electrons. The topological polar surface area (TPSA) is 22.8 Å². The third-order valence-corrected chi connectivity index (χ3v) is 11.1. The Bertz CT molecular complexity index is 3150. The van der Waals surface area contributed by atoms with Gasteiger partial charge in [0, 0.05) is 32.8 Å². The van der Waals surface area contributed by atoms with Crippen molar-refractivity contribution in [1.29, 1.82) is 0 Å². The lowest BCUT2D eigenvalue weighted by molar-refractivity contribution is 1.08. The van der Waals surface area contributed by atoms with Gasteiger partial charge in [0.2, 0.25) is 0 Å². The molecule has 0 amide bonds. The number of nitrogens with zero attached hydrogens (tertiary/aromatic N) is 3. The molecule has 0 N–H and O–H groups in total. The van der Waals surface area contributed by atoms with Gasteiger partial charge >= 0.3 is 0 Å². The molecule has 0 aliphatic rings. The summed E-state index contributed by atoms with van der Waals surface area (Å²) >= 11 is 0. The smallest absolute Gasteiger partial charge is 0.138 e. The summed E-state index contributed by atoms with van der Waals surface area (Å²) in [7, 11) is 0. The Hall–Kier alpha value is -7.49. The molecule has 3 nitrogen and oxygen atoms in total. The molecule has 0 saturated carbocycles. The fourth-order valence-electron chi connectivity index (χ4n) is 8.45. The van der Waals surface area contributed by atoms with Crippen molar-refractivity contribution in [2.24, 2.45) is 0 Å². The van der Waals surface area contributed by atoms with Crippen LogP contribution < -0.4 is 0 Å². The fraction of sp³-hybridized carbons (Fsp3) is 0. The maximum atomic E-state index is 5.36. The number of para-hydroxylation sites is 2. The number of rotatable bonds is 6. The van der Waals surface area contributed by atoms with Gasteiger partial charge in [-0.25, -0.2) is 4.98 Å². The van der Waals surface area contributed by atoms with E-state index >= 15 is 0 Å². The van der Waals surface area contributed by atoms with Gasteiger partial charge in [-0.2, -0.15) is 0 Å². The number of benzene rings is 8. The van der Waals surface area contributed by atoms with Crippen molar-refractivity contribution in [3.05, 3.63) is 212 Å². The fourth-order valence-corrected chi connectivity index (χ4v) is 8.45. The van der Waals surface area contributed by atoms with Gasteiger partial charge in [-0.3, -0.25) is 4.57 Å². The van der Waals surface area contributed by atoms with Crippen LogP contribution in [0.3, 0.4) is 0 Å². The minimum absolute atomic E-state index is 0.894. The molecule has 0 aliphatic carbocycles. The normalized spacial score (nSPS) is 11.6. The van der Waals surface area contributed by atoms with Crippen LogP contribution in [-0.2, 0) is 0 Å². The van der Waals surface area contributed by atoms with Gasteiger partial charge in [-0.1, -0.05) is 158 Å². The maximum absolute atomic E-state index is 5.36. The Kier molecular flexibility index (Phi) is 7.49. The summed E-state index contributed by atoms with van der Waals surface area (Å²) in [5.41, 5.74) is 14.9. The maximum Gasteiger partial charge on any atom is 0.138 e. The largest absolute Gasteiger partial charge is 0.309 e. The second kappa shape index (κ2) is 13.1. The zero-order valence-electron chi connectivity index (χ0n) is 30.5. The van der Waals surface area contributed by atoms with Crippen molar-refractivity contribution in [2.45, 2.75) is 0 Å². The highest BCUT2D eigenvalue weighted by Gasteiger charge is 2.18. The molecular formula is C53H35N3. The van der Waals surface area contributed by atoms with E-state index in [1.165, 1.54) is 49.3 Å². The number of hydrogen-bond donors (Lipinski definition) is 0. The first-order valence-electron chi connectivity index (χ1n) is 19.1. The number of hydrogen-bond acceptors (Lipinski definition) is 1. The van der Waals surface area contributed by atoms with Gasteiger partial charge in [0.25, 0.3) is 0 Å². The summed E-state index contributed by atoms with van der Waals surface area (Å²) < 4.78 is 4.73. The zero-order valence-corrected chi connectivity index (χ0v) is 30.5. The Balaban J connectivity index is 1.08. The van der Waals surface area contributed by atoms with Crippen molar-refractivity contribution in [3.8, 4) is 56.1 Å². The van der Waals surface area contributed by atoms with Crippen LogP contribution >= 0.6 is 0 Å². The van der Waals surface area contributed by atoms with Crippen LogP contribution in [0.2, 0.25) is 0 Å². The van der Waals surface area contributed by atoms with Crippen LogP contribution in [0.4, 0.5) is 0 Å². The van der Waals surface area contributed by atoms with E-state index in [1.807, 2.05) is 0 Å². The lowest BCUT2D eigenvalue weighted by Crippen LogP contribution is -2.00. The van der Waals surface area contributed by atoms with Crippen LogP contribution in [0.15, 0.2) is 212 Å². The van der Waals surface area contributed by atoms with Crippen LogP contribution in [0.25, 0.3) is 99.8 Å². The molecule has 3 aromatic heterocycles. The lowest BCUT2D eigenvalue weighted by Gasteiger charge is -2.13. The molecule has 0 atom stereocenters. The first-order valence-corrected chi connectivity index (χ1v) is 19.1. The van der Waals surface area contributed by atoms with Crippen molar-refractivity contribution in [2.75, 3.05) is 0 Å². The van der Waals surface area contributed by atoms with Crippen molar-refractivity contribution >= 4 is 43.6 Å². The Morgan fingerprint density at radius 1 is 0.268 bits per heavy atom. The van der Waals surface area contributed by atoms with Crippen LogP contribution in [0.5, 0.6) is 0 Å². The Morgan fingerprint density at radius 2 is 0.750 bits per heavy atom. The predicted molar refractivity (Wildman–Crippen MR) is 235 cm³/mol. The summed E-state index contributed by atoms with van der Waals surface area (Å²) in [6.07, 6.45) is 0. The predicted octanol–water partition coefficient (Wildman–Crippen LogP) is 13.9. The molecule has 0 saturated heterocycles. The first kappa shape index (κ1) is 32.0. The van der Waals surface area contributed by atoms with Crippen molar-refractivity contribution < 1.29 is 0 Å². The summed E-state index contributed by atoms with van der Waals surface area (Å²) in [6, 6.07) is 76.2. The number of pyridine rings is 1. The highest BCUT2D eigenvalue weighted by molar-refractivity contribution is 6.12. The van der Waals surface area contributed by atoms with E-state index in [0.29, 0.717) is 0 Å². The molecule has 11 aromatic rings. The third kappa shape index (κ3) is 5.32. The molecule has 0 bridgehead atoms. The van der Waals surface area contributed by atoms with Crippen LogP contribution in [0, 0.1) is 0 Å². The second-order valence-electron chi connectivity index (χ2n) is 14.4. The average molecular weight is 714 g/mol. The first-order chi connectivity index (χ1) is 27.8. The van der Waals surface area contributed by atoms with E-state index in [4.69, 9.17) is 4.98 Å². The molecule has 11 rings (SSSR count). The van der Waals surface area contributed by atoms with Crippen LogP contribution in [-0.4, -0.2) is 14.1 Å². The SMILES string of the molecule is c1ccc(-c2ccc(-n3c4ccccc4c4cc(-c5ccc6c7ccccc7n(-c7cc(-c8ccccc8)cc(-c8ccccc8)n7)c6c5)ccc43)cc2)cc1. The third-order valence-electron chi connectivity index (χ3n) is 11.1.